The molecule has 2 rings (SSSR count). The minimum absolute atomic E-state index is 0.974. The summed E-state index contributed by atoms with van der Waals surface area (Å²) in [5, 5.41) is 0. The van der Waals surface area contributed by atoms with Gasteiger partial charge in [-0.05, 0) is 24.0 Å². The van der Waals surface area contributed by atoms with Crippen molar-refractivity contribution in [3.05, 3.63) is 71.9 Å². The molecule has 70 valence electrons. The lowest BCUT2D eigenvalue weighted by Crippen LogP contribution is -1.93. The molecular weight excluding hydrogens is 168 g/mol. The Hall–Kier alpha value is -1.56. The second kappa shape index (κ2) is 3.67. The summed E-state index contributed by atoms with van der Waals surface area (Å²) in [5.41, 5.74) is 4.85. The fourth-order valence-electron chi connectivity index (χ4n) is 1.69. The monoisotopic (exact) mass is 182 g/mol. The topological polar surface area (TPSA) is 0 Å². The van der Waals surface area contributed by atoms with Gasteiger partial charge in [0.15, 0.2) is 0 Å². The van der Waals surface area contributed by atoms with Crippen molar-refractivity contribution in [1.82, 2.24) is 0 Å². The standard InChI is InChI=1S/C14H14/c1-11-5-3-7-13(9-11)14-8-4-6-12(2)10-14/h3-4,7-10H,1-2,5-6H2. The molecule has 0 heterocycles. The average molecular weight is 182 g/mol. The maximum absolute atomic E-state index is 3.98. The summed E-state index contributed by atoms with van der Waals surface area (Å²) in [5.74, 6) is 0. The van der Waals surface area contributed by atoms with Gasteiger partial charge in [0.05, 0.1) is 0 Å². The molecule has 0 bridgehead atoms. The lowest BCUT2D eigenvalue weighted by atomic mass is 9.92. The van der Waals surface area contributed by atoms with Gasteiger partial charge >= 0.3 is 0 Å². The molecule has 0 aliphatic heterocycles. The Kier molecular flexibility index (Phi) is 2.36. The number of hydrogen-bond acceptors (Lipinski definition) is 0. The smallest absolute Gasteiger partial charge is 0.00998 e. The molecule has 0 fully saturated rings. The third-order valence-corrected chi connectivity index (χ3v) is 2.41. The lowest BCUT2D eigenvalue weighted by molar-refractivity contribution is 1.21. The van der Waals surface area contributed by atoms with Crippen LogP contribution >= 0.6 is 0 Å². The summed E-state index contributed by atoms with van der Waals surface area (Å²) in [6, 6.07) is 0. The third kappa shape index (κ3) is 1.85. The fourth-order valence-corrected chi connectivity index (χ4v) is 1.69. The van der Waals surface area contributed by atoms with E-state index in [1.54, 1.807) is 0 Å². The van der Waals surface area contributed by atoms with Crippen LogP contribution in [0.5, 0.6) is 0 Å². The van der Waals surface area contributed by atoms with Crippen molar-refractivity contribution in [3.63, 3.8) is 0 Å². The van der Waals surface area contributed by atoms with E-state index in [4.69, 9.17) is 0 Å². The number of allylic oxidation sites excluding steroid dienone is 10. The molecule has 0 radical (unpaired) electrons. The molecule has 0 aromatic heterocycles. The van der Waals surface area contributed by atoms with Crippen LogP contribution in [0, 0.1) is 0 Å². The van der Waals surface area contributed by atoms with Gasteiger partial charge < -0.3 is 0 Å². The summed E-state index contributed by atoms with van der Waals surface area (Å²) in [4.78, 5) is 0. The van der Waals surface area contributed by atoms with E-state index in [1.807, 2.05) is 0 Å². The highest BCUT2D eigenvalue weighted by atomic mass is 14.1. The van der Waals surface area contributed by atoms with Crippen LogP contribution in [-0.4, -0.2) is 0 Å². The zero-order valence-electron chi connectivity index (χ0n) is 8.29. The van der Waals surface area contributed by atoms with Gasteiger partial charge in [-0.1, -0.05) is 60.8 Å². The molecule has 0 amide bonds. The van der Waals surface area contributed by atoms with E-state index in [0.717, 1.165) is 12.8 Å². The van der Waals surface area contributed by atoms with E-state index in [9.17, 15) is 0 Å². The molecule has 0 aromatic carbocycles. The van der Waals surface area contributed by atoms with Gasteiger partial charge in [0.25, 0.3) is 0 Å². The Labute approximate surface area is 85.3 Å². The zero-order valence-corrected chi connectivity index (χ0v) is 8.29. The van der Waals surface area contributed by atoms with E-state index in [1.165, 1.54) is 22.3 Å². The van der Waals surface area contributed by atoms with Crippen LogP contribution in [-0.2, 0) is 0 Å². The van der Waals surface area contributed by atoms with Crippen LogP contribution in [0.1, 0.15) is 12.8 Å². The largest absolute Gasteiger partial charge is 0.0955 e. The summed E-state index contributed by atoms with van der Waals surface area (Å²) in [6.45, 7) is 7.95. The molecule has 2 aliphatic carbocycles. The number of hydrogen-bond donors (Lipinski definition) is 0. The van der Waals surface area contributed by atoms with Crippen molar-refractivity contribution >= 4 is 0 Å². The fraction of sp³-hybridized carbons (Fsp3) is 0.143. The van der Waals surface area contributed by atoms with E-state index in [0.29, 0.717) is 0 Å². The summed E-state index contributed by atoms with van der Waals surface area (Å²) >= 11 is 0. The maximum atomic E-state index is 3.98. The van der Waals surface area contributed by atoms with Gasteiger partial charge in [0.1, 0.15) is 0 Å². The summed E-state index contributed by atoms with van der Waals surface area (Å²) in [7, 11) is 0. The average Bonchev–Trinajstić information content (AvgIpc) is 2.18. The van der Waals surface area contributed by atoms with Crippen LogP contribution in [0.4, 0.5) is 0 Å². The first kappa shape index (κ1) is 9.01. The minimum atomic E-state index is 0.974. The van der Waals surface area contributed by atoms with E-state index in [-0.39, 0.29) is 0 Å². The van der Waals surface area contributed by atoms with Crippen molar-refractivity contribution in [1.29, 1.82) is 0 Å². The number of rotatable bonds is 1. The van der Waals surface area contributed by atoms with Gasteiger partial charge in [0, 0.05) is 0 Å². The summed E-state index contributed by atoms with van der Waals surface area (Å²) in [6.07, 6.45) is 14.9. The molecule has 2 aliphatic rings. The molecular formula is C14H14. The van der Waals surface area contributed by atoms with Gasteiger partial charge in [-0.2, -0.15) is 0 Å². The lowest BCUT2D eigenvalue weighted by Gasteiger charge is -2.13. The highest BCUT2D eigenvalue weighted by Gasteiger charge is 2.06. The Morgan fingerprint density at radius 2 is 1.21 bits per heavy atom. The molecule has 14 heavy (non-hydrogen) atoms. The Morgan fingerprint density at radius 1 is 0.786 bits per heavy atom. The van der Waals surface area contributed by atoms with Gasteiger partial charge in [-0.3, -0.25) is 0 Å². The first-order valence-corrected chi connectivity index (χ1v) is 4.88. The maximum Gasteiger partial charge on any atom is -0.00998 e. The van der Waals surface area contributed by atoms with E-state index < -0.39 is 0 Å². The van der Waals surface area contributed by atoms with Gasteiger partial charge in [0.2, 0.25) is 0 Å². The highest BCUT2D eigenvalue weighted by molar-refractivity contribution is 5.55. The van der Waals surface area contributed by atoms with Crippen LogP contribution in [0.25, 0.3) is 0 Å². The first-order chi connectivity index (χ1) is 6.75. The van der Waals surface area contributed by atoms with Crippen molar-refractivity contribution in [3.8, 4) is 0 Å². The zero-order chi connectivity index (χ0) is 9.97. The van der Waals surface area contributed by atoms with Crippen LogP contribution in [0.15, 0.2) is 71.9 Å². The molecule has 0 saturated carbocycles. The minimum Gasteiger partial charge on any atom is -0.0955 e. The SMILES string of the molecule is C=C1C=C(C2=CC(=C)CC=C2)C=CC1. The van der Waals surface area contributed by atoms with Crippen LogP contribution < -0.4 is 0 Å². The quantitative estimate of drug-likeness (QED) is 0.577. The second-order valence-electron chi connectivity index (χ2n) is 3.73. The van der Waals surface area contributed by atoms with Gasteiger partial charge in [-0.25, -0.2) is 0 Å². The molecule has 0 spiro atoms. The van der Waals surface area contributed by atoms with Crippen molar-refractivity contribution in [2.24, 2.45) is 0 Å². The Balaban J connectivity index is 2.31. The first-order valence-electron chi connectivity index (χ1n) is 4.88. The highest BCUT2D eigenvalue weighted by Crippen LogP contribution is 2.25. The molecule has 0 heteroatoms. The van der Waals surface area contributed by atoms with Crippen molar-refractivity contribution in [2.75, 3.05) is 0 Å². The van der Waals surface area contributed by atoms with Gasteiger partial charge in [-0.15, -0.1) is 0 Å². The normalized spacial score (nSPS) is 20.9. The third-order valence-electron chi connectivity index (χ3n) is 2.41. The molecule has 0 nitrogen and oxygen atoms in total. The molecule has 0 atom stereocenters. The summed E-state index contributed by atoms with van der Waals surface area (Å²) < 4.78 is 0. The van der Waals surface area contributed by atoms with Crippen molar-refractivity contribution in [2.45, 2.75) is 12.8 Å². The predicted molar refractivity (Wildman–Crippen MR) is 62.0 cm³/mol. The second-order valence-corrected chi connectivity index (χ2v) is 3.73. The molecule has 0 aromatic rings. The van der Waals surface area contributed by atoms with Crippen LogP contribution in [0.2, 0.25) is 0 Å². The Bertz CT molecular complexity index is 358. The molecule has 0 saturated heterocycles. The molecule has 0 unspecified atom stereocenters. The van der Waals surface area contributed by atoms with Crippen molar-refractivity contribution < 1.29 is 0 Å². The molecule has 0 N–H and O–H groups in total. The van der Waals surface area contributed by atoms with E-state index >= 15 is 0 Å². The van der Waals surface area contributed by atoms with Crippen LogP contribution in [0.3, 0.4) is 0 Å². The Morgan fingerprint density at radius 3 is 1.57 bits per heavy atom. The van der Waals surface area contributed by atoms with E-state index in [2.05, 4.69) is 49.6 Å². The predicted octanol–water partition coefficient (Wildman–Crippen LogP) is 3.87.